The standard InChI is InChI=1S/C18H19N/c1-12(2)19-17-11-13-7-3-4-8-14(13)18(19)16-10-6-5-9-15(16)17/h3-10,12,17-18H,11H2,1-2H3. The molecule has 0 N–H and O–H groups in total. The van der Waals surface area contributed by atoms with E-state index in [2.05, 4.69) is 67.3 Å². The minimum atomic E-state index is 0.464. The largest absolute Gasteiger partial charge is 0.282 e. The summed E-state index contributed by atoms with van der Waals surface area (Å²) < 4.78 is 0. The number of rotatable bonds is 1. The average Bonchev–Trinajstić information content (AvgIpc) is 2.68. The summed E-state index contributed by atoms with van der Waals surface area (Å²) in [5, 5.41) is 0. The zero-order valence-electron chi connectivity index (χ0n) is 11.5. The number of nitrogens with zero attached hydrogens (tertiary/aromatic N) is 1. The van der Waals surface area contributed by atoms with Crippen LogP contribution in [-0.2, 0) is 6.42 Å². The van der Waals surface area contributed by atoms with Crippen LogP contribution < -0.4 is 0 Å². The van der Waals surface area contributed by atoms with Crippen LogP contribution >= 0.6 is 0 Å². The molecule has 1 nitrogen and oxygen atoms in total. The second kappa shape index (κ2) is 3.94. The molecule has 2 aromatic carbocycles. The molecule has 96 valence electrons. The minimum absolute atomic E-state index is 0.464. The molecule has 0 fully saturated rings. The Morgan fingerprint density at radius 3 is 2.26 bits per heavy atom. The fraction of sp³-hybridized carbons (Fsp3) is 0.333. The van der Waals surface area contributed by atoms with E-state index in [1.807, 2.05) is 0 Å². The lowest BCUT2D eigenvalue weighted by molar-refractivity contribution is 0.126. The maximum Gasteiger partial charge on any atom is 0.0615 e. The molecule has 2 aliphatic heterocycles. The maximum absolute atomic E-state index is 2.69. The van der Waals surface area contributed by atoms with Gasteiger partial charge in [0.1, 0.15) is 0 Å². The van der Waals surface area contributed by atoms with E-state index in [4.69, 9.17) is 0 Å². The highest BCUT2D eigenvalue weighted by molar-refractivity contribution is 5.50. The highest BCUT2D eigenvalue weighted by Crippen LogP contribution is 2.52. The average molecular weight is 249 g/mol. The van der Waals surface area contributed by atoms with Gasteiger partial charge in [-0.05, 0) is 42.5 Å². The van der Waals surface area contributed by atoms with Crippen LogP contribution in [0.15, 0.2) is 48.5 Å². The second-order valence-corrected chi connectivity index (χ2v) is 5.99. The Bertz CT molecular complexity index is 618. The monoisotopic (exact) mass is 249 g/mol. The van der Waals surface area contributed by atoms with Crippen LogP contribution in [0.3, 0.4) is 0 Å². The molecule has 2 atom stereocenters. The van der Waals surface area contributed by atoms with Crippen LogP contribution in [0, 0.1) is 0 Å². The van der Waals surface area contributed by atoms with Crippen molar-refractivity contribution < 1.29 is 0 Å². The molecular weight excluding hydrogens is 230 g/mol. The van der Waals surface area contributed by atoms with E-state index in [9.17, 15) is 0 Å². The van der Waals surface area contributed by atoms with E-state index < -0.39 is 0 Å². The highest BCUT2D eigenvalue weighted by Gasteiger charge is 2.44. The van der Waals surface area contributed by atoms with Crippen molar-refractivity contribution in [2.75, 3.05) is 0 Å². The van der Waals surface area contributed by atoms with Crippen LogP contribution in [0.4, 0.5) is 0 Å². The Morgan fingerprint density at radius 2 is 1.53 bits per heavy atom. The Labute approximate surface area is 114 Å². The van der Waals surface area contributed by atoms with Gasteiger partial charge in [0.25, 0.3) is 0 Å². The summed E-state index contributed by atoms with van der Waals surface area (Å²) in [6.45, 7) is 4.64. The lowest BCUT2D eigenvalue weighted by Gasteiger charge is -2.39. The summed E-state index contributed by atoms with van der Waals surface area (Å²) >= 11 is 0. The van der Waals surface area contributed by atoms with E-state index in [-0.39, 0.29) is 0 Å². The van der Waals surface area contributed by atoms with Crippen molar-refractivity contribution in [2.45, 2.75) is 38.4 Å². The van der Waals surface area contributed by atoms with Gasteiger partial charge in [0.15, 0.2) is 0 Å². The molecule has 19 heavy (non-hydrogen) atoms. The van der Waals surface area contributed by atoms with Gasteiger partial charge in [0, 0.05) is 12.1 Å². The molecule has 0 radical (unpaired) electrons. The normalized spacial score (nSPS) is 24.4. The highest BCUT2D eigenvalue weighted by atomic mass is 15.2. The predicted octanol–water partition coefficient (Wildman–Crippen LogP) is 4.10. The van der Waals surface area contributed by atoms with E-state index in [0.29, 0.717) is 18.1 Å². The van der Waals surface area contributed by atoms with Crippen LogP contribution in [0.25, 0.3) is 0 Å². The molecular formula is C18H19N. The number of hydrogen-bond donors (Lipinski definition) is 0. The molecule has 0 amide bonds. The van der Waals surface area contributed by atoms with Gasteiger partial charge < -0.3 is 0 Å². The van der Waals surface area contributed by atoms with Gasteiger partial charge in [0.2, 0.25) is 0 Å². The summed E-state index contributed by atoms with van der Waals surface area (Å²) in [6.07, 6.45) is 1.15. The molecule has 2 aliphatic rings. The summed E-state index contributed by atoms with van der Waals surface area (Å²) in [5.74, 6) is 0. The van der Waals surface area contributed by atoms with Crippen molar-refractivity contribution in [3.05, 3.63) is 70.8 Å². The third-order valence-corrected chi connectivity index (χ3v) is 4.67. The fourth-order valence-corrected chi connectivity index (χ4v) is 3.96. The summed E-state index contributed by atoms with van der Waals surface area (Å²) in [7, 11) is 0. The Morgan fingerprint density at radius 1 is 0.895 bits per heavy atom. The van der Waals surface area contributed by atoms with Gasteiger partial charge in [-0.3, -0.25) is 4.90 Å². The smallest absolute Gasteiger partial charge is 0.0615 e. The molecule has 0 aromatic heterocycles. The van der Waals surface area contributed by atoms with Gasteiger partial charge in [0.05, 0.1) is 6.04 Å². The molecule has 2 aromatic rings. The first-order valence-corrected chi connectivity index (χ1v) is 7.21. The van der Waals surface area contributed by atoms with Crippen molar-refractivity contribution in [3.63, 3.8) is 0 Å². The third kappa shape index (κ3) is 1.45. The summed E-state index contributed by atoms with van der Waals surface area (Å²) in [6, 6.07) is 19.6. The van der Waals surface area contributed by atoms with Crippen molar-refractivity contribution in [2.24, 2.45) is 0 Å². The molecule has 4 rings (SSSR count). The molecule has 0 saturated heterocycles. The molecule has 0 saturated carbocycles. The number of hydrogen-bond acceptors (Lipinski definition) is 1. The molecule has 2 unspecified atom stereocenters. The molecule has 2 bridgehead atoms. The molecule has 0 spiro atoms. The Balaban J connectivity index is 1.97. The van der Waals surface area contributed by atoms with Gasteiger partial charge in [-0.15, -0.1) is 0 Å². The summed E-state index contributed by atoms with van der Waals surface area (Å²) in [5.41, 5.74) is 6.10. The molecule has 2 heterocycles. The third-order valence-electron chi connectivity index (χ3n) is 4.67. The molecule has 1 heteroatoms. The zero-order valence-corrected chi connectivity index (χ0v) is 11.5. The number of benzene rings is 2. The molecule has 0 aliphatic carbocycles. The van der Waals surface area contributed by atoms with Crippen molar-refractivity contribution >= 4 is 0 Å². The van der Waals surface area contributed by atoms with Gasteiger partial charge >= 0.3 is 0 Å². The Kier molecular flexibility index (Phi) is 2.33. The van der Waals surface area contributed by atoms with Gasteiger partial charge in [-0.2, -0.15) is 0 Å². The SMILES string of the molecule is CC(C)N1C2Cc3ccccc3C1c1ccccc12. The predicted molar refractivity (Wildman–Crippen MR) is 78.1 cm³/mol. The lowest BCUT2D eigenvalue weighted by Crippen LogP contribution is -2.37. The quantitative estimate of drug-likeness (QED) is 0.735. The van der Waals surface area contributed by atoms with Crippen LogP contribution in [0.2, 0.25) is 0 Å². The topological polar surface area (TPSA) is 3.24 Å². The summed E-state index contributed by atoms with van der Waals surface area (Å²) in [4.78, 5) is 2.69. The fourth-order valence-electron chi connectivity index (χ4n) is 3.96. The van der Waals surface area contributed by atoms with Gasteiger partial charge in [-0.1, -0.05) is 48.5 Å². The maximum atomic E-state index is 2.69. The van der Waals surface area contributed by atoms with E-state index in [1.54, 1.807) is 0 Å². The van der Waals surface area contributed by atoms with E-state index in [0.717, 1.165) is 6.42 Å². The lowest BCUT2D eigenvalue weighted by atomic mass is 9.90. The van der Waals surface area contributed by atoms with E-state index >= 15 is 0 Å². The first-order chi connectivity index (χ1) is 9.27. The van der Waals surface area contributed by atoms with Crippen molar-refractivity contribution in [1.29, 1.82) is 0 Å². The van der Waals surface area contributed by atoms with Crippen molar-refractivity contribution in [1.82, 2.24) is 4.90 Å². The van der Waals surface area contributed by atoms with Crippen LogP contribution in [0.1, 0.15) is 48.2 Å². The van der Waals surface area contributed by atoms with Crippen molar-refractivity contribution in [3.8, 4) is 0 Å². The van der Waals surface area contributed by atoms with Crippen LogP contribution in [0.5, 0.6) is 0 Å². The second-order valence-electron chi connectivity index (χ2n) is 5.99. The van der Waals surface area contributed by atoms with Gasteiger partial charge in [-0.25, -0.2) is 0 Å². The first-order valence-electron chi connectivity index (χ1n) is 7.21. The first kappa shape index (κ1) is 11.2. The zero-order chi connectivity index (χ0) is 13.0. The Hall–Kier alpha value is -1.60. The number of fused-ring (bicyclic) bond motifs is 7. The van der Waals surface area contributed by atoms with E-state index in [1.165, 1.54) is 22.3 Å². The van der Waals surface area contributed by atoms with Crippen LogP contribution in [-0.4, -0.2) is 10.9 Å². The minimum Gasteiger partial charge on any atom is -0.282 e.